The number of alkyl carbamates (subject to hydrolysis) is 1. The molecule has 1 heterocycles. The van der Waals surface area contributed by atoms with Gasteiger partial charge in [0.2, 0.25) is 5.60 Å². The van der Waals surface area contributed by atoms with E-state index in [2.05, 4.69) is 56.1 Å². The number of allylic oxidation sites excluding steroid dienone is 3. The van der Waals surface area contributed by atoms with E-state index < -0.39 is 61.5 Å². The summed E-state index contributed by atoms with van der Waals surface area (Å²) in [7, 11) is 0. The van der Waals surface area contributed by atoms with E-state index in [9.17, 15) is 38.4 Å². The quantitative estimate of drug-likeness (QED) is 0.0258. The van der Waals surface area contributed by atoms with Gasteiger partial charge in [0.1, 0.15) is 25.9 Å². The molecule has 0 aliphatic carbocycles. The number of hydrogen-bond acceptors (Lipinski definition) is 17. The standard InChI is InChI=1S/C72H124N2O16/c1-5-9-13-17-20-29-41-57-83-64(75)45-33-23-25-36-48-67(78)86-60-72(90-70(81)50-38-28-27-35-47-66(77)85-59-43-31-22-19-15-11-7-3,61-87-68(79)49-37-26-24-34-46-65(76)84-58-42-30-21-18-14-10-6-2)62-88-69(80)52-51-63(44-32-16-12-8-4)89-71(82)73-53-56-74-54-39-40-55-74/h20-22,29-31,63H,5-19,23-28,32-62H2,1-4H3,(H,73,82)/b29-20-,30-21-,31-22-. The van der Waals surface area contributed by atoms with Gasteiger partial charge in [0, 0.05) is 58.0 Å². The number of likely N-dealkylation sites (tertiary alicyclic amines) is 1. The molecule has 1 saturated heterocycles. The Morgan fingerprint density at radius 3 is 1.10 bits per heavy atom. The fourth-order valence-electron chi connectivity index (χ4n) is 10.1. The number of ether oxygens (including phenoxy) is 8. The van der Waals surface area contributed by atoms with Crippen molar-refractivity contribution in [3.63, 3.8) is 0 Å². The smallest absolute Gasteiger partial charge is 0.407 e. The molecule has 0 saturated carbocycles. The van der Waals surface area contributed by atoms with Crippen LogP contribution in [-0.2, 0) is 71.5 Å². The summed E-state index contributed by atoms with van der Waals surface area (Å²) in [6, 6.07) is 0. The van der Waals surface area contributed by atoms with Gasteiger partial charge in [-0.3, -0.25) is 33.6 Å². The van der Waals surface area contributed by atoms with Crippen LogP contribution in [0.5, 0.6) is 0 Å². The average molecular weight is 1270 g/mol. The van der Waals surface area contributed by atoms with E-state index >= 15 is 0 Å². The van der Waals surface area contributed by atoms with Gasteiger partial charge >= 0.3 is 47.9 Å². The molecule has 0 aromatic heterocycles. The van der Waals surface area contributed by atoms with E-state index in [1.807, 2.05) is 18.2 Å². The van der Waals surface area contributed by atoms with E-state index in [0.29, 0.717) is 129 Å². The van der Waals surface area contributed by atoms with Crippen molar-refractivity contribution in [2.24, 2.45) is 0 Å². The first-order valence-corrected chi connectivity index (χ1v) is 35.6. The van der Waals surface area contributed by atoms with Crippen molar-refractivity contribution in [3.05, 3.63) is 36.5 Å². The van der Waals surface area contributed by atoms with E-state index in [0.717, 1.165) is 96.7 Å². The van der Waals surface area contributed by atoms with Gasteiger partial charge < -0.3 is 48.1 Å². The molecule has 90 heavy (non-hydrogen) atoms. The molecule has 0 aromatic carbocycles. The second-order valence-electron chi connectivity index (χ2n) is 24.2. The van der Waals surface area contributed by atoms with Crippen molar-refractivity contribution < 1.29 is 76.3 Å². The van der Waals surface area contributed by atoms with Gasteiger partial charge in [0.15, 0.2) is 0 Å². The predicted molar refractivity (Wildman–Crippen MR) is 353 cm³/mol. The SMILES string of the molecule is CCCCC/C=C\CCOC(=O)CCCCCCC(=O)OCC(COC(=O)CCCCCCC(=O)OCC/C=C\CCCCC)(COC(=O)CCC(CCCCCC)OC(=O)NCCN1CCCC1)OC(=O)CCCCCCC(=O)OCC/C=C\CCCCC. The Kier molecular flexibility index (Phi) is 55.2. The highest BCUT2D eigenvalue weighted by Crippen LogP contribution is 2.22. The molecular weight excluding hydrogens is 1150 g/mol. The lowest BCUT2D eigenvalue weighted by Gasteiger charge is -2.32. The highest BCUT2D eigenvalue weighted by atomic mass is 16.6. The largest absolute Gasteiger partial charge is 0.465 e. The average Bonchev–Trinajstić information content (AvgIpc) is 2.70. The highest BCUT2D eigenvalue weighted by molar-refractivity contribution is 5.73. The number of amides is 1. The van der Waals surface area contributed by atoms with E-state index in [1.165, 1.54) is 38.5 Å². The number of carbonyl (C=O) groups is 8. The lowest BCUT2D eigenvalue weighted by molar-refractivity contribution is -0.196. The predicted octanol–water partition coefficient (Wildman–Crippen LogP) is 16.1. The van der Waals surface area contributed by atoms with Crippen LogP contribution in [0.4, 0.5) is 4.79 Å². The van der Waals surface area contributed by atoms with E-state index in [4.69, 9.17) is 37.9 Å². The third-order valence-corrected chi connectivity index (χ3v) is 15.6. The Balaban J connectivity index is 3.12. The Bertz CT molecular complexity index is 1880. The molecule has 1 fully saturated rings. The van der Waals surface area contributed by atoms with Gasteiger partial charge in [0.25, 0.3) is 0 Å². The lowest BCUT2D eigenvalue weighted by atomic mass is 10.1. The maximum atomic E-state index is 13.8. The monoisotopic (exact) mass is 1270 g/mol. The molecule has 1 rings (SSSR count). The van der Waals surface area contributed by atoms with Gasteiger partial charge in [-0.25, -0.2) is 4.79 Å². The van der Waals surface area contributed by atoms with Crippen LogP contribution in [-0.4, -0.2) is 130 Å². The number of esters is 7. The molecule has 0 bridgehead atoms. The van der Waals surface area contributed by atoms with Crippen molar-refractivity contribution in [2.45, 2.75) is 309 Å². The van der Waals surface area contributed by atoms with Crippen LogP contribution in [0.2, 0.25) is 0 Å². The molecule has 0 radical (unpaired) electrons. The lowest BCUT2D eigenvalue weighted by Crippen LogP contribution is -2.50. The Morgan fingerprint density at radius 2 is 0.711 bits per heavy atom. The summed E-state index contributed by atoms with van der Waals surface area (Å²) in [6.45, 7) is 11.0. The van der Waals surface area contributed by atoms with Crippen molar-refractivity contribution in [1.29, 1.82) is 0 Å². The number of nitrogens with zero attached hydrogens (tertiary/aromatic N) is 1. The van der Waals surface area contributed by atoms with Crippen LogP contribution < -0.4 is 5.32 Å². The first-order valence-electron chi connectivity index (χ1n) is 35.6. The topological polar surface area (TPSA) is 226 Å². The molecule has 518 valence electrons. The van der Waals surface area contributed by atoms with Crippen LogP contribution in [0.3, 0.4) is 0 Å². The van der Waals surface area contributed by atoms with Crippen LogP contribution in [0.15, 0.2) is 36.5 Å². The molecule has 1 N–H and O–H groups in total. The molecule has 1 amide bonds. The first-order chi connectivity index (χ1) is 43.8. The molecule has 1 aliphatic heterocycles. The molecule has 18 heteroatoms. The van der Waals surface area contributed by atoms with Gasteiger partial charge in [-0.05, 0) is 142 Å². The fourth-order valence-corrected chi connectivity index (χ4v) is 10.1. The van der Waals surface area contributed by atoms with Crippen LogP contribution in [0.1, 0.15) is 297 Å². The fraction of sp³-hybridized carbons (Fsp3) is 0.806. The number of unbranched alkanes of at least 4 members (excludes halogenated alkanes) is 21. The number of rotatable bonds is 61. The Labute approximate surface area is 543 Å². The van der Waals surface area contributed by atoms with Gasteiger partial charge in [-0.2, -0.15) is 0 Å². The third kappa shape index (κ3) is 52.4. The van der Waals surface area contributed by atoms with Crippen molar-refractivity contribution in [1.82, 2.24) is 10.2 Å². The minimum atomic E-state index is -1.92. The zero-order valence-corrected chi connectivity index (χ0v) is 56.8. The maximum Gasteiger partial charge on any atom is 0.407 e. The second kappa shape index (κ2) is 60.0. The van der Waals surface area contributed by atoms with E-state index in [1.54, 1.807) is 0 Å². The first kappa shape index (κ1) is 82.8. The van der Waals surface area contributed by atoms with E-state index in [-0.39, 0.29) is 69.3 Å². The molecule has 1 aliphatic rings. The molecule has 0 spiro atoms. The van der Waals surface area contributed by atoms with Crippen LogP contribution in [0.25, 0.3) is 0 Å². The highest BCUT2D eigenvalue weighted by Gasteiger charge is 2.40. The molecule has 0 aromatic rings. The van der Waals surface area contributed by atoms with Crippen molar-refractivity contribution in [3.8, 4) is 0 Å². The minimum Gasteiger partial charge on any atom is -0.465 e. The summed E-state index contributed by atoms with van der Waals surface area (Å²) in [5.41, 5.74) is -1.92. The molecule has 18 nitrogen and oxygen atoms in total. The zero-order chi connectivity index (χ0) is 65.6. The van der Waals surface area contributed by atoms with Crippen LogP contribution in [0, 0.1) is 0 Å². The number of hydrogen-bond donors (Lipinski definition) is 1. The number of carbonyl (C=O) groups excluding carboxylic acids is 8. The molecule has 1 atom stereocenters. The minimum absolute atomic E-state index is 0.0160. The second-order valence-corrected chi connectivity index (χ2v) is 24.2. The Hall–Kier alpha value is -5.26. The van der Waals surface area contributed by atoms with Gasteiger partial charge in [0.05, 0.1) is 19.8 Å². The third-order valence-electron chi connectivity index (χ3n) is 15.6. The summed E-state index contributed by atoms with van der Waals surface area (Å²) in [5, 5.41) is 2.86. The van der Waals surface area contributed by atoms with Crippen molar-refractivity contribution >= 4 is 47.9 Å². The molecular formula is C72H124N2O16. The van der Waals surface area contributed by atoms with Gasteiger partial charge in [-0.15, -0.1) is 0 Å². The summed E-state index contributed by atoms with van der Waals surface area (Å²) in [5.74, 6) is -3.36. The van der Waals surface area contributed by atoms with Crippen molar-refractivity contribution in [2.75, 3.05) is 65.8 Å². The maximum absolute atomic E-state index is 13.8. The summed E-state index contributed by atoms with van der Waals surface area (Å²) < 4.78 is 45.5. The van der Waals surface area contributed by atoms with Crippen LogP contribution >= 0.6 is 0 Å². The Morgan fingerprint density at radius 1 is 0.378 bits per heavy atom. The summed E-state index contributed by atoms with van der Waals surface area (Å²) in [4.78, 5) is 107. The zero-order valence-electron chi connectivity index (χ0n) is 56.8. The normalized spacial score (nSPS) is 13.0. The number of nitrogens with one attached hydrogen (secondary N) is 1. The summed E-state index contributed by atoms with van der Waals surface area (Å²) >= 11 is 0. The van der Waals surface area contributed by atoms with Gasteiger partial charge in [-0.1, -0.05) is 160 Å². The molecule has 1 unspecified atom stereocenters. The summed E-state index contributed by atoms with van der Waals surface area (Å²) in [6.07, 6.45) is 41.5.